The summed E-state index contributed by atoms with van der Waals surface area (Å²) in [6.07, 6.45) is 43.8. The fraction of sp³-hybridized carbons (Fsp3) is 0.791. The van der Waals surface area contributed by atoms with Gasteiger partial charge in [0, 0.05) is 6.54 Å². The highest BCUT2D eigenvalue weighted by Gasteiger charge is 2.27. The number of nitrogens with one attached hydrogen (secondary N) is 1. The summed E-state index contributed by atoms with van der Waals surface area (Å²) in [6.45, 7) is 3.88. The molecule has 0 aliphatic heterocycles. The number of carbonyl (C=O) groups is 1. The van der Waals surface area contributed by atoms with Gasteiger partial charge in [-0.15, -0.1) is 0 Å². The number of phosphoric ester groups is 1. The Hall–Kier alpha value is -1.58. The minimum absolute atomic E-state index is 0.0354. The first-order chi connectivity index (χ1) is 25.8. The third-order valence-corrected chi connectivity index (χ3v) is 10.2. The predicted molar refractivity (Wildman–Crippen MR) is 223 cm³/mol. The van der Waals surface area contributed by atoms with Crippen LogP contribution in [0.1, 0.15) is 181 Å². The highest BCUT2D eigenvalue weighted by Crippen LogP contribution is 2.43. The lowest BCUT2D eigenvalue weighted by molar-refractivity contribution is -0.124. The van der Waals surface area contributed by atoms with Crippen molar-refractivity contribution in [2.75, 3.05) is 19.8 Å². The van der Waals surface area contributed by atoms with Crippen LogP contribution in [0.25, 0.3) is 0 Å². The van der Waals surface area contributed by atoms with Gasteiger partial charge in [0.15, 0.2) is 0 Å². The summed E-state index contributed by atoms with van der Waals surface area (Å²) in [5.74, 6) is -0.524. The van der Waals surface area contributed by atoms with E-state index in [1.807, 2.05) is 12.2 Å². The molecule has 0 heterocycles. The van der Waals surface area contributed by atoms with Crippen LogP contribution in [-0.4, -0.2) is 59.0 Å². The van der Waals surface area contributed by atoms with E-state index >= 15 is 0 Å². The molecule has 0 fully saturated rings. The second kappa shape index (κ2) is 38.7. The molecule has 0 aromatic carbocycles. The predicted octanol–water partition coefficient (Wildman–Crippen LogP) is 10.7. The van der Waals surface area contributed by atoms with Crippen molar-refractivity contribution in [1.29, 1.82) is 0 Å². The maximum absolute atomic E-state index is 12.7. The van der Waals surface area contributed by atoms with Crippen molar-refractivity contribution in [3.05, 3.63) is 48.6 Å². The number of aliphatic hydroxyl groups excluding tert-OH is 2. The number of aliphatic hydroxyl groups is 2. The molecule has 0 aromatic rings. The first-order valence-electron chi connectivity index (χ1n) is 21.4. The molecule has 0 aromatic heterocycles. The van der Waals surface area contributed by atoms with Gasteiger partial charge in [-0.25, -0.2) is 4.57 Å². The summed E-state index contributed by atoms with van der Waals surface area (Å²) in [7, 11) is -4.42. The Kier molecular flexibility index (Phi) is 37.5. The maximum Gasteiger partial charge on any atom is 0.472 e. The van der Waals surface area contributed by atoms with Crippen LogP contribution in [0.2, 0.25) is 0 Å². The molecular formula is C43H81N2O7P. The van der Waals surface area contributed by atoms with Crippen LogP contribution in [0, 0.1) is 0 Å². The maximum atomic E-state index is 12.7. The molecule has 0 bridgehead atoms. The zero-order valence-corrected chi connectivity index (χ0v) is 34.8. The van der Waals surface area contributed by atoms with Crippen LogP contribution in [0.3, 0.4) is 0 Å². The van der Waals surface area contributed by atoms with E-state index in [1.165, 1.54) is 128 Å². The van der Waals surface area contributed by atoms with Gasteiger partial charge >= 0.3 is 7.82 Å². The zero-order chi connectivity index (χ0) is 39.1. The number of carbonyl (C=O) groups excluding carboxylic acids is 1. The van der Waals surface area contributed by atoms with E-state index in [1.54, 1.807) is 12.2 Å². The molecule has 53 heavy (non-hydrogen) atoms. The van der Waals surface area contributed by atoms with E-state index in [0.29, 0.717) is 12.8 Å². The third-order valence-electron chi connectivity index (χ3n) is 9.19. The minimum Gasteiger partial charge on any atom is -0.389 e. The summed E-state index contributed by atoms with van der Waals surface area (Å²) >= 11 is 0. The molecule has 1 amide bonds. The van der Waals surface area contributed by atoms with Gasteiger partial charge in [-0.1, -0.05) is 178 Å². The second-order valence-electron chi connectivity index (χ2n) is 14.4. The van der Waals surface area contributed by atoms with E-state index < -0.39 is 38.6 Å². The summed E-state index contributed by atoms with van der Waals surface area (Å²) < 4.78 is 22.0. The van der Waals surface area contributed by atoms with Gasteiger partial charge in [-0.3, -0.25) is 13.8 Å². The number of allylic oxidation sites excluding steroid dienone is 6. The van der Waals surface area contributed by atoms with Crippen molar-refractivity contribution in [1.82, 2.24) is 5.32 Å². The van der Waals surface area contributed by atoms with Crippen LogP contribution in [0.5, 0.6) is 0 Å². The number of rotatable bonds is 39. The Balaban J connectivity index is 4.44. The lowest BCUT2D eigenvalue weighted by Gasteiger charge is -2.23. The molecule has 310 valence electrons. The van der Waals surface area contributed by atoms with Gasteiger partial charge in [-0.05, 0) is 44.9 Å². The lowest BCUT2D eigenvalue weighted by Crippen LogP contribution is -2.46. The molecule has 0 aliphatic carbocycles. The average molecular weight is 769 g/mol. The largest absolute Gasteiger partial charge is 0.472 e. The monoisotopic (exact) mass is 769 g/mol. The van der Waals surface area contributed by atoms with Crippen LogP contribution >= 0.6 is 7.82 Å². The first-order valence-corrected chi connectivity index (χ1v) is 22.9. The SMILES string of the molecule is CCCCCCCC/C=C\C/C=C\C(O)CC(=O)NC(COP(=O)(O)OCCN)C(O)/C=C/CC/C=C/CCCCCCCCCCCCCCCC. The molecule has 4 unspecified atom stereocenters. The highest BCUT2D eigenvalue weighted by molar-refractivity contribution is 7.47. The van der Waals surface area contributed by atoms with E-state index in [0.717, 1.165) is 19.3 Å². The Morgan fingerprint density at radius 3 is 1.64 bits per heavy atom. The molecule has 6 N–H and O–H groups in total. The minimum atomic E-state index is -4.42. The summed E-state index contributed by atoms with van der Waals surface area (Å²) in [5.41, 5.74) is 5.35. The lowest BCUT2D eigenvalue weighted by atomic mass is 10.0. The quantitative estimate of drug-likeness (QED) is 0.0235. The van der Waals surface area contributed by atoms with E-state index in [9.17, 15) is 24.5 Å². The van der Waals surface area contributed by atoms with Gasteiger partial charge in [0.25, 0.3) is 0 Å². The number of phosphoric acid groups is 1. The molecule has 4 atom stereocenters. The Morgan fingerprint density at radius 1 is 0.642 bits per heavy atom. The van der Waals surface area contributed by atoms with Gasteiger partial charge in [0.1, 0.15) is 0 Å². The van der Waals surface area contributed by atoms with Crippen molar-refractivity contribution in [2.45, 2.75) is 199 Å². The van der Waals surface area contributed by atoms with Crippen molar-refractivity contribution >= 4 is 13.7 Å². The van der Waals surface area contributed by atoms with E-state index in [4.69, 9.17) is 14.8 Å². The van der Waals surface area contributed by atoms with Gasteiger partial charge in [0.2, 0.25) is 5.91 Å². The third kappa shape index (κ3) is 37.1. The van der Waals surface area contributed by atoms with Gasteiger partial charge in [-0.2, -0.15) is 0 Å². The fourth-order valence-corrected chi connectivity index (χ4v) is 6.71. The molecule has 0 saturated carbocycles. The molecule has 0 aliphatic rings. The second-order valence-corrected chi connectivity index (χ2v) is 15.8. The van der Waals surface area contributed by atoms with Gasteiger partial charge in [0.05, 0.1) is 37.9 Å². The Morgan fingerprint density at radius 2 is 1.11 bits per heavy atom. The van der Waals surface area contributed by atoms with E-state index in [2.05, 4.69) is 43.5 Å². The molecule has 0 radical (unpaired) electrons. The van der Waals surface area contributed by atoms with Crippen LogP contribution < -0.4 is 11.1 Å². The van der Waals surface area contributed by atoms with Crippen molar-refractivity contribution < 1.29 is 33.5 Å². The standard InChI is InChI=1S/C43H81N2O7P/c1-3-5-7-9-11-13-15-16-17-18-19-20-21-22-23-25-27-29-31-33-35-42(47)41(39-52-53(49,50)51-37-36-44)45-43(48)38-40(46)34-32-30-28-26-24-14-12-10-8-6-4-2/h25-28,32-35,40-42,46-47H,3-24,29-31,36-39,44H2,1-2H3,(H,45,48)(H,49,50)/b27-25+,28-26-,34-32-,35-33+. The van der Waals surface area contributed by atoms with Crippen molar-refractivity contribution in [2.24, 2.45) is 5.73 Å². The highest BCUT2D eigenvalue weighted by atomic mass is 31.2. The molecule has 0 saturated heterocycles. The van der Waals surface area contributed by atoms with Crippen LogP contribution in [-0.2, 0) is 18.4 Å². The molecular weight excluding hydrogens is 687 g/mol. The Labute approximate surface area is 325 Å². The molecule has 9 nitrogen and oxygen atoms in total. The molecule has 0 spiro atoms. The van der Waals surface area contributed by atoms with E-state index in [-0.39, 0.29) is 19.6 Å². The number of amides is 1. The summed E-state index contributed by atoms with van der Waals surface area (Å²) in [4.78, 5) is 22.6. The molecule has 10 heteroatoms. The summed E-state index contributed by atoms with van der Waals surface area (Å²) in [5, 5.41) is 23.8. The average Bonchev–Trinajstić information content (AvgIpc) is 3.13. The zero-order valence-electron chi connectivity index (χ0n) is 33.9. The number of hydrogen-bond donors (Lipinski definition) is 5. The smallest absolute Gasteiger partial charge is 0.389 e. The van der Waals surface area contributed by atoms with Crippen molar-refractivity contribution in [3.63, 3.8) is 0 Å². The topological polar surface area (TPSA) is 151 Å². The fourth-order valence-electron chi connectivity index (χ4n) is 5.95. The van der Waals surface area contributed by atoms with Crippen LogP contribution in [0.15, 0.2) is 48.6 Å². The van der Waals surface area contributed by atoms with Gasteiger partial charge < -0.3 is 26.2 Å². The molecule has 0 rings (SSSR count). The number of nitrogens with two attached hydrogens (primary N) is 1. The number of hydrogen-bond acceptors (Lipinski definition) is 7. The summed E-state index contributed by atoms with van der Waals surface area (Å²) in [6, 6.07) is -1.03. The Bertz CT molecular complexity index is 988. The normalized spacial score (nSPS) is 15.2. The van der Waals surface area contributed by atoms with Crippen molar-refractivity contribution in [3.8, 4) is 0 Å². The number of unbranched alkanes of at least 4 members (excludes halogenated alkanes) is 21. The first kappa shape index (κ1) is 51.4. The van der Waals surface area contributed by atoms with Crippen LogP contribution in [0.4, 0.5) is 0 Å².